The summed E-state index contributed by atoms with van der Waals surface area (Å²) in [5.74, 6) is 1.52. The molecule has 1 amide bonds. The first kappa shape index (κ1) is 34.7. The van der Waals surface area contributed by atoms with Gasteiger partial charge >= 0.3 is 5.97 Å². The van der Waals surface area contributed by atoms with Crippen LogP contribution in [0.5, 0.6) is 0 Å². The van der Waals surface area contributed by atoms with Gasteiger partial charge in [0.05, 0.1) is 5.41 Å². The van der Waals surface area contributed by atoms with Gasteiger partial charge in [-0.1, -0.05) is 86.1 Å². The van der Waals surface area contributed by atoms with Gasteiger partial charge in [-0.2, -0.15) is 0 Å². The van der Waals surface area contributed by atoms with Crippen LogP contribution >= 0.6 is 0 Å². The lowest BCUT2D eigenvalue weighted by atomic mass is 9.33. The zero-order valence-electron chi connectivity index (χ0n) is 30.3. The monoisotopic (exact) mass is 623 g/mol. The third-order valence-electron chi connectivity index (χ3n) is 15.4. The number of rotatable bonds is 9. The van der Waals surface area contributed by atoms with E-state index in [9.17, 15) is 14.4 Å². The lowest BCUT2D eigenvalue weighted by molar-refractivity contribution is -0.214. The van der Waals surface area contributed by atoms with Crippen LogP contribution in [0.25, 0.3) is 0 Å². The standard InChI is InChI=1S/C40H65NO4/c1-10-11-12-13-14-15-24-41-35(44)40(9)31-17-21-39(8)34(37(31,6)20-18-32(40)45-28(4)42)30(43)25-29-33-27(3)26(2)16-19-36(33,5)22-23-38(29,39)7/h25-27,31-34H,10-24H2,1-9H3,(H,41,44)/t26-,27+,31?,32-,33?,34?,36-,37+,38-,39-,40-/m1/s1. The quantitative estimate of drug-likeness (QED) is 0.205. The zero-order chi connectivity index (χ0) is 33.0. The Morgan fingerprint density at radius 3 is 2.27 bits per heavy atom. The summed E-state index contributed by atoms with van der Waals surface area (Å²) < 4.78 is 5.98. The van der Waals surface area contributed by atoms with Crippen LogP contribution in [0, 0.1) is 56.7 Å². The van der Waals surface area contributed by atoms with Crippen molar-refractivity contribution in [3.8, 4) is 0 Å². The second-order valence-corrected chi connectivity index (χ2v) is 17.7. The van der Waals surface area contributed by atoms with Gasteiger partial charge in [0.25, 0.3) is 0 Å². The van der Waals surface area contributed by atoms with Crippen molar-refractivity contribution in [2.24, 2.45) is 56.7 Å². The number of hydrogen-bond donors (Lipinski definition) is 1. The molecule has 0 spiro atoms. The highest BCUT2D eigenvalue weighted by Gasteiger charge is 2.72. The maximum atomic E-state index is 14.8. The second kappa shape index (κ2) is 12.4. The molecule has 11 atom stereocenters. The number of ether oxygens (including phenoxy) is 1. The lowest BCUT2D eigenvalue weighted by Gasteiger charge is -2.70. The van der Waals surface area contributed by atoms with Crippen LogP contribution in [-0.2, 0) is 19.1 Å². The molecule has 5 heteroatoms. The first-order valence-electron chi connectivity index (χ1n) is 18.8. The van der Waals surface area contributed by atoms with Gasteiger partial charge in [-0.15, -0.1) is 0 Å². The fourth-order valence-electron chi connectivity index (χ4n) is 12.3. The number of amides is 1. The van der Waals surface area contributed by atoms with Crippen LogP contribution in [0.2, 0.25) is 0 Å². The van der Waals surface area contributed by atoms with E-state index in [1.807, 2.05) is 0 Å². The lowest BCUT2D eigenvalue weighted by Crippen LogP contribution is -2.69. The number of ketones is 1. The van der Waals surface area contributed by atoms with Crippen molar-refractivity contribution >= 4 is 17.7 Å². The van der Waals surface area contributed by atoms with Crippen LogP contribution in [0.1, 0.15) is 152 Å². The Labute approximate surface area is 274 Å². The first-order valence-corrected chi connectivity index (χ1v) is 18.8. The predicted molar refractivity (Wildman–Crippen MR) is 181 cm³/mol. The molecule has 5 aliphatic rings. The minimum Gasteiger partial charge on any atom is -0.461 e. The summed E-state index contributed by atoms with van der Waals surface area (Å²) >= 11 is 0. The summed E-state index contributed by atoms with van der Waals surface area (Å²) in [7, 11) is 0. The number of unbranched alkanes of at least 4 members (excludes halogenated alkanes) is 5. The second-order valence-electron chi connectivity index (χ2n) is 17.7. The predicted octanol–water partition coefficient (Wildman–Crippen LogP) is 9.23. The normalized spacial score (nSPS) is 45.7. The van der Waals surface area contributed by atoms with E-state index in [4.69, 9.17) is 4.74 Å². The largest absolute Gasteiger partial charge is 0.461 e. The summed E-state index contributed by atoms with van der Waals surface area (Å²) in [5, 5.41) is 3.30. The van der Waals surface area contributed by atoms with Crippen molar-refractivity contribution in [2.45, 2.75) is 158 Å². The number of fused-ring (bicyclic) bond motifs is 7. The molecular formula is C40H65NO4. The van der Waals surface area contributed by atoms with E-state index in [-0.39, 0.29) is 45.4 Å². The molecule has 0 saturated heterocycles. The maximum absolute atomic E-state index is 14.8. The molecule has 0 aromatic heterocycles. The van der Waals surface area contributed by atoms with Crippen molar-refractivity contribution in [1.29, 1.82) is 0 Å². The smallest absolute Gasteiger partial charge is 0.302 e. The number of nitrogens with one attached hydrogen (secondary N) is 1. The molecule has 4 fully saturated rings. The third-order valence-corrected chi connectivity index (χ3v) is 15.4. The average Bonchev–Trinajstić information content (AvgIpc) is 2.97. The molecule has 0 aromatic carbocycles. The van der Waals surface area contributed by atoms with Gasteiger partial charge in [-0.05, 0) is 116 Å². The average molecular weight is 624 g/mol. The van der Waals surface area contributed by atoms with E-state index < -0.39 is 11.5 Å². The Morgan fingerprint density at radius 2 is 1.58 bits per heavy atom. The summed E-state index contributed by atoms with van der Waals surface area (Å²) in [6.45, 7) is 21.0. The summed E-state index contributed by atoms with van der Waals surface area (Å²) in [5.41, 5.74) is 0.324. The van der Waals surface area contributed by atoms with E-state index in [1.54, 1.807) is 0 Å². The van der Waals surface area contributed by atoms with Gasteiger partial charge < -0.3 is 10.1 Å². The van der Waals surface area contributed by atoms with Gasteiger partial charge in [-0.3, -0.25) is 14.4 Å². The molecule has 0 aliphatic heterocycles. The molecule has 0 aromatic rings. The van der Waals surface area contributed by atoms with Gasteiger partial charge in [0, 0.05) is 19.4 Å². The Kier molecular flexibility index (Phi) is 9.57. The Morgan fingerprint density at radius 1 is 0.889 bits per heavy atom. The molecule has 4 saturated carbocycles. The van der Waals surface area contributed by atoms with Crippen molar-refractivity contribution in [3.05, 3.63) is 11.6 Å². The minimum atomic E-state index is -0.869. The Hall–Kier alpha value is -1.65. The number of carbonyl (C=O) groups excluding carboxylic acids is 3. The van der Waals surface area contributed by atoms with Crippen molar-refractivity contribution in [3.63, 3.8) is 0 Å². The van der Waals surface area contributed by atoms with E-state index in [1.165, 1.54) is 57.4 Å². The van der Waals surface area contributed by atoms with Crippen LogP contribution in [0.4, 0.5) is 0 Å². The highest BCUT2D eigenvalue weighted by atomic mass is 16.5. The van der Waals surface area contributed by atoms with Gasteiger partial charge in [0.2, 0.25) is 5.91 Å². The molecule has 1 N–H and O–H groups in total. The highest BCUT2D eigenvalue weighted by molar-refractivity contribution is 5.96. The van der Waals surface area contributed by atoms with E-state index in [2.05, 4.69) is 66.8 Å². The molecule has 0 bridgehead atoms. The zero-order valence-corrected chi connectivity index (χ0v) is 30.3. The Bertz CT molecular complexity index is 1190. The maximum Gasteiger partial charge on any atom is 0.302 e. The minimum absolute atomic E-state index is 0.00554. The van der Waals surface area contributed by atoms with Crippen molar-refractivity contribution < 1.29 is 19.1 Å². The molecule has 3 unspecified atom stereocenters. The van der Waals surface area contributed by atoms with E-state index in [0.717, 1.165) is 38.5 Å². The molecule has 45 heavy (non-hydrogen) atoms. The molecular weight excluding hydrogens is 558 g/mol. The number of carbonyl (C=O) groups is 3. The van der Waals surface area contributed by atoms with Gasteiger partial charge in [0.1, 0.15) is 6.10 Å². The third kappa shape index (κ3) is 5.37. The summed E-state index contributed by atoms with van der Waals surface area (Å²) in [4.78, 5) is 41.4. The van der Waals surface area contributed by atoms with E-state index in [0.29, 0.717) is 36.5 Å². The number of hydrogen-bond acceptors (Lipinski definition) is 4. The van der Waals surface area contributed by atoms with Crippen LogP contribution < -0.4 is 5.32 Å². The molecule has 254 valence electrons. The van der Waals surface area contributed by atoms with Crippen molar-refractivity contribution in [2.75, 3.05) is 6.54 Å². The van der Waals surface area contributed by atoms with Crippen LogP contribution in [0.3, 0.4) is 0 Å². The summed E-state index contributed by atoms with van der Waals surface area (Å²) in [6, 6.07) is 0. The van der Waals surface area contributed by atoms with Gasteiger partial charge in [-0.25, -0.2) is 0 Å². The highest BCUT2D eigenvalue weighted by Crippen LogP contribution is 2.75. The number of esters is 1. The van der Waals surface area contributed by atoms with Crippen LogP contribution in [0.15, 0.2) is 11.6 Å². The molecule has 5 rings (SSSR count). The molecule has 5 nitrogen and oxygen atoms in total. The Balaban J connectivity index is 1.48. The number of allylic oxidation sites excluding steroid dienone is 2. The van der Waals surface area contributed by atoms with Gasteiger partial charge in [0.15, 0.2) is 5.78 Å². The topological polar surface area (TPSA) is 72.5 Å². The summed E-state index contributed by atoms with van der Waals surface area (Å²) in [6.07, 6.45) is 16.8. The first-order chi connectivity index (χ1) is 21.1. The fraction of sp³-hybridized carbons (Fsp3) is 0.875. The molecule has 0 heterocycles. The molecule has 5 aliphatic carbocycles. The SMILES string of the molecule is CCCCCCCCNC(=O)[C@]1(C)C2CC[C@]3(C)C(C(=O)C=C4C5[C@@H](C)[C@H](C)CC[C@]5(C)CC[C@]43C)[C@@]2(C)CC[C@H]1OC(C)=O. The van der Waals surface area contributed by atoms with Crippen LogP contribution in [-0.4, -0.2) is 30.3 Å². The van der Waals surface area contributed by atoms with Crippen molar-refractivity contribution in [1.82, 2.24) is 5.32 Å². The fourth-order valence-corrected chi connectivity index (χ4v) is 12.3. The molecule has 0 radical (unpaired) electrons. The van der Waals surface area contributed by atoms with E-state index >= 15 is 0 Å².